The minimum atomic E-state index is 0.0350. The van der Waals surface area contributed by atoms with E-state index >= 15 is 0 Å². The Morgan fingerprint density at radius 1 is 1.33 bits per heavy atom. The summed E-state index contributed by atoms with van der Waals surface area (Å²) in [5.41, 5.74) is 1.08. The third-order valence-corrected chi connectivity index (χ3v) is 4.22. The maximum absolute atomic E-state index is 12.1. The molecule has 1 fully saturated rings. The number of likely N-dealkylation sites (N-methyl/N-ethyl adjacent to an activating group) is 1. The molecule has 1 N–H and O–H groups in total. The maximum Gasteiger partial charge on any atom is 0.234 e. The number of hydrogen-bond donors (Lipinski definition) is 1. The fourth-order valence-corrected chi connectivity index (χ4v) is 2.81. The lowest BCUT2D eigenvalue weighted by molar-refractivity contribution is -0.122. The predicted molar refractivity (Wildman–Crippen MR) is 92.5 cm³/mol. The van der Waals surface area contributed by atoms with Gasteiger partial charge in [-0.3, -0.25) is 9.69 Å². The van der Waals surface area contributed by atoms with Crippen LogP contribution in [0.3, 0.4) is 0 Å². The number of rotatable bonds is 9. The standard InChI is InChI=1S/C18H28N2O4/c1-4-20(13-18(21)19-11-15-6-5-9-24-15)12-14-7-8-16(22-2)17(10-14)23-3/h7-8,10,15H,4-6,9,11-13H2,1-3H3,(H,19,21)/t15-/m1/s1. The Hall–Kier alpha value is -1.79. The zero-order valence-corrected chi connectivity index (χ0v) is 14.8. The first-order valence-corrected chi connectivity index (χ1v) is 8.47. The van der Waals surface area contributed by atoms with E-state index in [0.29, 0.717) is 31.1 Å². The van der Waals surface area contributed by atoms with Crippen LogP contribution in [0, 0.1) is 0 Å². The molecule has 1 amide bonds. The van der Waals surface area contributed by atoms with Crippen molar-refractivity contribution in [2.45, 2.75) is 32.4 Å². The van der Waals surface area contributed by atoms with Gasteiger partial charge >= 0.3 is 0 Å². The molecular weight excluding hydrogens is 308 g/mol. The predicted octanol–water partition coefficient (Wildman–Crippen LogP) is 1.82. The highest BCUT2D eigenvalue weighted by atomic mass is 16.5. The smallest absolute Gasteiger partial charge is 0.234 e. The summed E-state index contributed by atoms with van der Waals surface area (Å²) in [4.78, 5) is 14.2. The van der Waals surface area contributed by atoms with Crippen LogP contribution in [-0.2, 0) is 16.1 Å². The average molecular weight is 336 g/mol. The summed E-state index contributed by atoms with van der Waals surface area (Å²) in [6.07, 6.45) is 2.29. The van der Waals surface area contributed by atoms with Gasteiger partial charge in [0.2, 0.25) is 5.91 Å². The summed E-state index contributed by atoms with van der Waals surface area (Å²) in [6, 6.07) is 5.83. The van der Waals surface area contributed by atoms with Crippen molar-refractivity contribution in [3.8, 4) is 11.5 Å². The first-order valence-electron chi connectivity index (χ1n) is 8.47. The quantitative estimate of drug-likeness (QED) is 0.745. The fourth-order valence-electron chi connectivity index (χ4n) is 2.81. The third-order valence-electron chi connectivity index (χ3n) is 4.22. The van der Waals surface area contributed by atoms with Crippen molar-refractivity contribution in [1.82, 2.24) is 10.2 Å². The highest BCUT2D eigenvalue weighted by molar-refractivity contribution is 5.78. The van der Waals surface area contributed by atoms with Crippen molar-refractivity contribution in [2.24, 2.45) is 0 Å². The van der Waals surface area contributed by atoms with Gasteiger partial charge in [-0.05, 0) is 37.1 Å². The molecule has 1 aliphatic rings. The van der Waals surface area contributed by atoms with Gasteiger partial charge in [-0.25, -0.2) is 0 Å². The Kier molecular flexibility index (Phi) is 7.34. The van der Waals surface area contributed by atoms with Crippen molar-refractivity contribution < 1.29 is 19.0 Å². The molecule has 0 unspecified atom stereocenters. The van der Waals surface area contributed by atoms with E-state index in [1.165, 1.54) is 0 Å². The highest BCUT2D eigenvalue weighted by Crippen LogP contribution is 2.27. The van der Waals surface area contributed by atoms with Crippen LogP contribution < -0.4 is 14.8 Å². The number of nitrogens with one attached hydrogen (secondary N) is 1. The molecule has 1 saturated heterocycles. The van der Waals surface area contributed by atoms with E-state index in [4.69, 9.17) is 14.2 Å². The lowest BCUT2D eigenvalue weighted by Crippen LogP contribution is -2.39. The first-order chi connectivity index (χ1) is 11.7. The number of amides is 1. The van der Waals surface area contributed by atoms with E-state index in [9.17, 15) is 4.79 Å². The van der Waals surface area contributed by atoms with E-state index in [1.807, 2.05) is 25.1 Å². The summed E-state index contributed by atoms with van der Waals surface area (Å²) in [5.74, 6) is 1.44. The van der Waals surface area contributed by atoms with Crippen LogP contribution in [0.4, 0.5) is 0 Å². The molecule has 0 aliphatic carbocycles. The summed E-state index contributed by atoms with van der Waals surface area (Å²) in [6.45, 7) is 5.31. The molecule has 134 valence electrons. The van der Waals surface area contributed by atoms with E-state index in [2.05, 4.69) is 10.2 Å². The van der Waals surface area contributed by atoms with Crippen LogP contribution in [0.1, 0.15) is 25.3 Å². The first kappa shape index (κ1) is 18.5. The SMILES string of the molecule is CCN(CC(=O)NC[C@H]1CCCO1)Cc1ccc(OC)c(OC)c1. The molecule has 2 rings (SSSR count). The van der Waals surface area contributed by atoms with Crippen LogP contribution in [-0.4, -0.2) is 57.4 Å². The molecule has 0 aromatic heterocycles. The van der Waals surface area contributed by atoms with Gasteiger partial charge in [-0.15, -0.1) is 0 Å². The molecule has 1 heterocycles. The van der Waals surface area contributed by atoms with Crippen LogP contribution in [0.15, 0.2) is 18.2 Å². The number of benzene rings is 1. The highest BCUT2D eigenvalue weighted by Gasteiger charge is 2.17. The monoisotopic (exact) mass is 336 g/mol. The van der Waals surface area contributed by atoms with Gasteiger partial charge in [-0.1, -0.05) is 13.0 Å². The maximum atomic E-state index is 12.1. The molecule has 0 saturated carbocycles. The van der Waals surface area contributed by atoms with Gasteiger partial charge in [0.25, 0.3) is 0 Å². The molecule has 6 heteroatoms. The second-order valence-corrected chi connectivity index (χ2v) is 5.93. The number of carbonyl (C=O) groups excluding carboxylic acids is 1. The number of nitrogens with zero attached hydrogens (tertiary/aromatic N) is 1. The molecular formula is C18H28N2O4. The third kappa shape index (κ3) is 5.39. The summed E-state index contributed by atoms with van der Waals surface area (Å²) >= 11 is 0. The Labute approximate surface area is 144 Å². The zero-order valence-electron chi connectivity index (χ0n) is 14.8. The molecule has 1 aromatic carbocycles. The summed E-state index contributed by atoms with van der Waals surface area (Å²) < 4.78 is 16.1. The van der Waals surface area contributed by atoms with Gasteiger partial charge in [0.15, 0.2) is 11.5 Å². The fraction of sp³-hybridized carbons (Fsp3) is 0.611. The van der Waals surface area contributed by atoms with Crippen LogP contribution >= 0.6 is 0 Å². The van der Waals surface area contributed by atoms with Crippen LogP contribution in [0.25, 0.3) is 0 Å². The lowest BCUT2D eigenvalue weighted by atomic mass is 10.2. The second-order valence-electron chi connectivity index (χ2n) is 5.93. The molecule has 0 radical (unpaired) electrons. The topological polar surface area (TPSA) is 60.0 Å². The van der Waals surface area contributed by atoms with Crippen LogP contribution in [0.5, 0.6) is 11.5 Å². The Morgan fingerprint density at radius 3 is 2.75 bits per heavy atom. The van der Waals surface area contributed by atoms with Gasteiger partial charge in [0, 0.05) is 19.7 Å². The van der Waals surface area contributed by atoms with Crippen LogP contribution in [0.2, 0.25) is 0 Å². The Balaban J connectivity index is 1.85. The second kappa shape index (κ2) is 9.49. The summed E-state index contributed by atoms with van der Waals surface area (Å²) in [5, 5.41) is 2.97. The van der Waals surface area contributed by atoms with Gasteiger partial charge in [-0.2, -0.15) is 0 Å². The van der Waals surface area contributed by atoms with E-state index < -0.39 is 0 Å². The Bertz CT molecular complexity index is 530. The summed E-state index contributed by atoms with van der Waals surface area (Å²) in [7, 11) is 3.24. The molecule has 24 heavy (non-hydrogen) atoms. The van der Waals surface area contributed by atoms with Gasteiger partial charge in [0.05, 0.1) is 26.9 Å². The molecule has 1 aliphatic heterocycles. The molecule has 1 atom stereocenters. The van der Waals surface area contributed by atoms with E-state index in [-0.39, 0.29) is 12.0 Å². The lowest BCUT2D eigenvalue weighted by Gasteiger charge is -2.21. The van der Waals surface area contributed by atoms with Crippen molar-refractivity contribution in [3.63, 3.8) is 0 Å². The van der Waals surface area contributed by atoms with Gasteiger partial charge in [0.1, 0.15) is 0 Å². The zero-order chi connectivity index (χ0) is 17.4. The molecule has 0 spiro atoms. The van der Waals surface area contributed by atoms with E-state index in [0.717, 1.165) is 31.6 Å². The molecule has 1 aromatic rings. The number of ether oxygens (including phenoxy) is 3. The van der Waals surface area contributed by atoms with Crippen molar-refractivity contribution in [2.75, 3.05) is 40.5 Å². The largest absolute Gasteiger partial charge is 0.493 e. The normalized spacial score (nSPS) is 17.1. The van der Waals surface area contributed by atoms with E-state index in [1.54, 1.807) is 14.2 Å². The number of methoxy groups -OCH3 is 2. The number of hydrogen-bond acceptors (Lipinski definition) is 5. The number of carbonyl (C=O) groups is 1. The minimum absolute atomic E-state index is 0.0350. The Morgan fingerprint density at radius 2 is 2.12 bits per heavy atom. The average Bonchev–Trinajstić information content (AvgIpc) is 3.12. The van der Waals surface area contributed by atoms with Crippen molar-refractivity contribution in [3.05, 3.63) is 23.8 Å². The minimum Gasteiger partial charge on any atom is -0.493 e. The molecule has 0 bridgehead atoms. The van der Waals surface area contributed by atoms with Gasteiger partial charge < -0.3 is 19.5 Å². The molecule has 6 nitrogen and oxygen atoms in total. The van der Waals surface area contributed by atoms with Crippen molar-refractivity contribution in [1.29, 1.82) is 0 Å². The van der Waals surface area contributed by atoms with Crippen molar-refractivity contribution >= 4 is 5.91 Å².